The van der Waals surface area contributed by atoms with Crippen molar-refractivity contribution < 1.29 is 4.74 Å². The largest absolute Gasteiger partial charge is 0.378 e. The summed E-state index contributed by atoms with van der Waals surface area (Å²) in [6, 6.07) is 2.53. The normalized spacial score (nSPS) is 21.1. The minimum absolute atomic E-state index is 0.379. The van der Waals surface area contributed by atoms with Crippen molar-refractivity contribution in [2.24, 2.45) is 0 Å². The van der Waals surface area contributed by atoms with Gasteiger partial charge in [-0.05, 0) is 59.8 Å². The van der Waals surface area contributed by atoms with Crippen molar-refractivity contribution in [2.75, 3.05) is 13.2 Å². The molecule has 1 fully saturated rings. The molecule has 2 atom stereocenters. The van der Waals surface area contributed by atoms with Gasteiger partial charge in [-0.25, -0.2) is 0 Å². The van der Waals surface area contributed by atoms with E-state index in [9.17, 15) is 0 Å². The van der Waals surface area contributed by atoms with Crippen LogP contribution in [0.2, 0.25) is 0 Å². The number of ether oxygens (including phenoxy) is 1. The third-order valence-electron chi connectivity index (χ3n) is 3.38. The van der Waals surface area contributed by atoms with E-state index in [1.165, 1.54) is 18.4 Å². The molecule has 2 unspecified atom stereocenters. The molecule has 1 aliphatic rings. The van der Waals surface area contributed by atoms with Crippen LogP contribution in [0.1, 0.15) is 44.2 Å². The van der Waals surface area contributed by atoms with Gasteiger partial charge in [-0.1, -0.05) is 6.92 Å². The number of hydrogen-bond donors (Lipinski definition) is 1. The first-order valence-electron chi connectivity index (χ1n) is 6.75. The van der Waals surface area contributed by atoms with Crippen molar-refractivity contribution in [2.45, 2.75) is 44.8 Å². The maximum Gasteiger partial charge on any atom is 0.0576 e. The molecule has 18 heavy (non-hydrogen) atoms. The Bertz CT molecular complexity index is 367. The van der Waals surface area contributed by atoms with Gasteiger partial charge in [0, 0.05) is 29.5 Å². The van der Waals surface area contributed by atoms with Crippen molar-refractivity contribution in [3.05, 3.63) is 28.5 Å². The van der Waals surface area contributed by atoms with E-state index in [-0.39, 0.29) is 0 Å². The lowest BCUT2D eigenvalue weighted by Crippen LogP contribution is -2.22. The van der Waals surface area contributed by atoms with Gasteiger partial charge in [0.05, 0.1) is 6.10 Å². The molecule has 0 spiro atoms. The van der Waals surface area contributed by atoms with E-state index in [1.807, 2.05) is 12.4 Å². The van der Waals surface area contributed by atoms with Crippen LogP contribution in [0, 0.1) is 0 Å². The first-order chi connectivity index (χ1) is 8.79. The Morgan fingerprint density at radius 3 is 3.11 bits per heavy atom. The van der Waals surface area contributed by atoms with Gasteiger partial charge >= 0.3 is 0 Å². The Balaban J connectivity index is 1.94. The van der Waals surface area contributed by atoms with Crippen LogP contribution in [-0.2, 0) is 4.74 Å². The fourth-order valence-corrected chi connectivity index (χ4v) is 2.86. The minimum atomic E-state index is 0.379. The highest BCUT2D eigenvalue weighted by atomic mass is 79.9. The van der Waals surface area contributed by atoms with E-state index in [4.69, 9.17) is 4.74 Å². The number of aromatic nitrogens is 1. The molecule has 0 amide bonds. The summed E-state index contributed by atoms with van der Waals surface area (Å²) >= 11 is 3.48. The van der Waals surface area contributed by atoms with Crippen molar-refractivity contribution in [3.8, 4) is 0 Å². The number of nitrogens with zero attached hydrogens (tertiary/aromatic N) is 1. The highest BCUT2D eigenvalue weighted by Crippen LogP contribution is 2.25. The number of pyridine rings is 1. The summed E-state index contributed by atoms with van der Waals surface area (Å²) in [5.74, 6) is 0. The van der Waals surface area contributed by atoms with E-state index in [2.05, 4.69) is 39.2 Å². The molecule has 1 aromatic heterocycles. The second kappa shape index (κ2) is 7.22. The average Bonchev–Trinajstić information content (AvgIpc) is 2.87. The highest BCUT2D eigenvalue weighted by Gasteiger charge is 2.18. The molecule has 3 nitrogen and oxygen atoms in total. The third-order valence-corrected chi connectivity index (χ3v) is 3.81. The molecule has 0 saturated carbocycles. The number of rotatable bonds is 6. The standard InChI is InChI=1S/C14H21BrN2O/c1-2-17-14(6-5-13-4-3-7-18-13)11-8-12(15)10-16-9-11/h8-10,13-14,17H,2-7H2,1H3. The maximum atomic E-state index is 5.69. The Kier molecular flexibility index (Phi) is 5.60. The fourth-order valence-electron chi connectivity index (χ4n) is 2.48. The zero-order chi connectivity index (χ0) is 12.8. The summed E-state index contributed by atoms with van der Waals surface area (Å²) < 4.78 is 6.73. The van der Waals surface area contributed by atoms with Gasteiger partial charge in [-0.15, -0.1) is 0 Å². The molecule has 0 aliphatic carbocycles. The van der Waals surface area contributed by atoms with Crippen molar-refractivity contribution >= 4 is 15.9 Å². The topological polar surface area (TPSA) is 34.1 Å². The second-order valence-corrected chi connectivity index (χ2v) is 5.67. The molecule has 0 aromatic carbocycles. The third kappa shape index (κ3) is 4.04. The smallest absolute Gasteiger partial charge is 0.0576 e. The Morgan fingerprint density at radius 1 is 1.56 bits per heavy atom. The highest BCUT2D eigenvalue weighted by molar-refractivity contribution is 9.10. The van der Waals surface area contributed by atoms with E-state index in [0.717, 1.165) is 30.5 Å². The molecule has 4 heteroatoms. The summed E-state index contributed by atoms with van der Waals surface area (Å²) in [7, 11) is 0. The zero-order valence-electron chi connectivity index (χ0n) is 10.9. The first kappa shape index (κ1) is 14.0. The molecule has 100 valence electrons. The Morgan fingerprint density at radius 2 is 2.44 bits per heavy atom. The summed E-state index contributed by atoms with van der Waals surface area (Å²) in [6.07, 6.45) is 8.91. The molecule has 0 radical (unpaired) electrons. The van der Waals surface area contributed by atoms with Crippen LogP contribution in [0.25, 0.3) is 0 Å². The van der Waals surface area contributed by atoms with E-state index in [0.29, 0.717) is 12.1 Å². The van der Waals surface area contributed by atoms with Gasteiger partial charge in [-0.3, -0.25) is 4.98 Å². The SMILES string of the molecule is CCNC(CCC1CCCO1)c1cncc(Br)c1. The van der Waals surface area contributed by atoms with Gasteiger partial charge in [0.25, 0.3) is 0 Å². The lowest BCUT2D eigenvalue weighted by Gasteiger charge is -2.20. The average molecular weight is 313 g/mol. The predicted molar refractivity (Wildman–Crippen MR) is 76.6 cm³/mol. The fraction of sp³-hybridized carbons (Fsp3) is 0.643. The van der Waals surface area contributed by atoms with Crippen LogP contribution >= 0.6 is 15.9 Å². The van der Waals surface area contributed by atoms with Crippen LogP contribution < -0.4 is 5.32 Å². The maximum absolute atomic E-state index is 5.69. The van der Waals surface area contributed by atoms with Gasteiger partial charge < -0.3 is 10.1 Å². The first-order valence-corrected chi connectivity index (χ1v) is 7.54. The lowest BCUT2D eigenvalue weighted by atomic mass is 10.0. The molecule has 1 aromatic rings. The number of halogens is 1. The lowest BCUT2D eigenvalue weighted by molar-refractivity contribution is 0.0996. The van der Waals surface area contributed by atoms with Crippen molar-refractivity contribution in [1.29, 1.82) is 0 Å². The molecule has 1 aliphatic heterocycles. The van der Waals surface area contributed by atoms with E-state index >= 15 is 0 Å². The van der Waals surface area contributed by atoms with Gasteiger partial charge in [-0.2, -0.15) is 0 Å². The molecule has 0 bridgehead atoms. The summed E-state index contributed by atoms with van der Waals surface area (Å²) in [5, 5.41) is 3.53. The number of hydrogen-bond acceptors (Lipinski definition) is 3. The van der Waals surface area contributed by atoms with Gasteiger partial charge in [0.1, 0.15) is 0 Å². The summed E-state index contributed by atoms with van der Waals surface area (Å²) in [6.45, 7) is 4.06. The monoisotopic (exact) mass is 312 g/mol. The van der Waals surface area contributed by atoms with Crippen LogP contribution in [0.5, 0.6) is 0 Å². The quantitative estimate of drug-likeness (QED) is 0.873. The Labute approximate surface area is 117 Å². The molecular formula is C14H21BrN2O. The van der Waals surface area contributed by atoms with Gasteiger partial charge in [0.2, 0.25) is 0 Å². The minimum Gasteiger partial charge on any atom is -0.378 e. The van der Waals surface area contributed by atoms with E-state index in [1.54, 1.807) is 0 Å². The summed E-state index contributed by atoms with van der Waals surface area (Å²) in [4.78, 5) is 4.25. The zero-order valence-corrected chi connectivity index (χ0v) is 12.4. The molecular weight excluding hydrogens is 292 g/mol. The van der Waals surface area contributed by atoms with Gasteiger partial charge in [0.15, 0.2) is 0 Å². The van der Waals surface area contributed by atoms with Crippen LogP contribution in [0.15, 0.2) is 22.9 Å². The van der Waals surface area contributed by atoms with Crippen molar-refractivity contribution in [3.63, 3.8) is 0 Å². The number of nitrogens with one attached hydrogen (secondary N) is 1. The molecule has 2 rings (SSSR count). The molecule has 1 saturated heterocycles. The van der Waals surface area contributed by atoms with E-state index < -0.39 is 0 Å². The molecule has 2 heterocycles. The van der Waals surface area contributed by atoms with Crippen molar-refractivity contribution in [1.82, 2.24) is 10.3 Å². The van der Waals surface area contributed by atoms with Crippen LogP contribution in [0.4, 0.5) is 0 Å². The molecule has 1 N–H and O–H groups in total. The second-order valence-electron chi connectivity index (χ2n) is 4.76. The van der Waals surface area contributed by atoms with Crippen LogP contribution in [-0.4, -0.2) is 24.2 Å². The Hall–Kier alpha value is -0.450. The summed E-state index contributed by atoms with van der Waals surface area (Å²) in [5.41, 5.74) is 1.25. The van der Waals surface area contributed by atoms with Crippen LogP contribution in [0.3, 0.4) is 0 Å². The predicted octanol–water partition coefficient (Wildman–Crippen LogP) is 3.45.